The molecule has 0 bridgehead atoms. The standard InChI is InChI=1S/C18H24N4O/c1-13(2)9-10-19-17-12-20-16(11-21-17)18(23)22-14(3)15-7-5-4-6-8-15/h4-8,11-14H,9-10H2,1-3H3,(H,19,21)(H,22,23). The molecule has 0 aliphatic rings. The number of nitrogens with one attached hydrogen (secondary N) is 2. The quantitative estimate of drug-likeness (QED) is 0.822. The van der Waals surface area contributed by atoms with Gasteiger partial charge in [-0.3, -0.25) is 4.79 Å². The van der Waals surface area contributed by atoms with E-state index in [9.17, 15) is 4.79 Å². The Kier molecular flexibility index (Phi) is 6.09. The molecule has 23 heavy (non-hydrogen) atoms. The van der Waals surface area contributed by atoms with Crippen molar-refractivity contribution in [3.8, 4) is 0 Å². The number of anilines is 1. The largest absolute Gasteiger partial charge is 0.369 e. The van der Waals surface area contributed by atoms with Gasteiger partial charge in [0.05, 0.1) is 18.4 Å². The molecule has 1 aromatic carbocycles. The highest BCUT2D eigenvalue weighted by atomic mass is 16.1. The zero-order valence-electron chi connectivity index (χ0n) is 13.9. The second-order valence-electron chi connectivity index (χ2n) is 6.00. The molecule has 5 heteroatoms. The molecule has 2 N–H and O–H groups in total. The number of carbonyl (C=O) groups is 1. The Labute approximate surface area is 137 Å². The van der Waals surface area contributed by atoms with E-state index in [4.69, 9.17) is 0 Å². The van der Waals surface area contributed by atoms with Crippen LogP contribution in [0.25, 0.3) is 0 Å². The summed E-state index contributed by atoms with van der Waals surface area (Å²) < 4.78 is 0. The SMILES string of the molecule is CC(C)CCNc1cnc(C(=O)NC(C)c2ccccc2)cn1. The van der Waals surface area contributed by atoms with Gasteiger partial charge in [0.2, 0.25) is 0 Å². The van der Waals surface area contributed by atoms with Crippen molar-refractivity contribution < 1.29 is 4.79 Å². The zero-order chi connectivity index (χ0) is 16.7. The van der Waals surface area contributed by atoms with Crippen molar-refractivity contribution in [2.45, 2.75) is 33.2 Å². The summed E-state index contributed by atoms with van der Waals surface area (Å²) in [6.07, 6.45) is 4.17. The normalized spacial score (nSPS) is 12.0. The average Bonchev–Trinajstić information content (AvgIpc) is 2.56. The fraction of sp³-hybridized carbons (Fsp3) is 0.389. The van der Waals surface area contributed by atoms with E-state index in [2.05, 4.69) is 34.4 Å². The number of hydrogen-bond donors (Lipinski definition) is 2. The minimum Gasteiger partial charge on any atom is -0.369 e. The minimum atomic E-state index is -0.220. The monoisotopic (exact) mass is 312 g/mol. The summed E-state index contributed by atoms with van der Waals surface area (Å²) in [5.41, 5.74) is 1.38. The van der Waals surface area contributed by atoms with Crippen LogP contribution in [0.4, 0.5) is 5.82 Å². The summed E-state index contributed by atoms with van der Waals surface area (Å²) in [7, 11) is 0. The molecule has 0 aliphatic carbocycles. The van der Waals surface area contributed by atoms with Gasteiger partial charge in [-0.2, -0.15) is 0 Å². The van der Waals surface area contributed by atoms with Crippen molar-refractivity contribution in [1.82, 2.24) is 15.3 Å². The van der Waals surface area contributed by atoms with Crippen LogP contribution >= 0.6 is 0 Å². The molecule has 2 aromatic rings. The summed E-state index contributed by atoms with van der Waals surface area (Å²) in [6, 6.07) is 9.75. The maximum absolute atomic E-state index is 12.2. The zero-order valence-corrected chi connectivity index (χ0v) is 13.9. The number of nitrogens with zero attached hydrogens (tertiary/aromatic N) is 2. The molecule has 0 saturated carbocycles. The predicted molar refractivity (Wildman–Crippen MR) is 92.3 cm³/mol. The first-order valence-corrected chi connectivity index (χ1v) is 7.98. The van der Waals surface area contributed by atoms with E-state index in [1.165, 1.54) is 6.20 Å². The Morgan fingerprint density at radius 3 is 2.43 bits per heavy atom. The minimum absolute atomic E-state index is 0.0747. The molecule has 1 unspecified atom stereocenters. The van der Waals surface area contributed by atoms with Crippen LogP contribution in [0.15, 0.2) is 42.7 Å². The lowest BCUT2D eigenvalue weighted by molar-refractivity contribution is 0.0934. The van der Waals surface area contributed by atoms with Gasteiger partial charge >= 0.3 is 0 Å². The number of rotatable bonds is 7. The van der Waals surface area contributed by atoms with E-state index in [1.807, 2.05) is 37.3 Å². The van der Waals surface area contributed by atoms with Crippen molar-refractivity contribution in [2.75, 3.05) is 11.9 Å². The Bertz CT molecular complexity index is 611. The summed E-state index contributed by atoms with van der Waals surface area (Å²) in [5.74, 6) is 1.11. The number of hydrogen-bond acceptors (Lipinski definition) is 4. The molecule has 1 aromatic heterocycles. The van der Waals surface area contributed by atoms with Crippen LogP contribution in [0.2, 0.25) is 0 Å². The lowest BCUT2D eigenvalue weighted by Crippen LogP contribution is -2.27. The second-order valence-corrected chi connectivity index (χ2v) is 6.00. The van der Waals surface area contributed by atoms with Gasteiger partial charge in [0.25, 0.3) is 5.91 Å². The van der Waals surface area contributed by atoms with E-state index in [1.54, 1.807) is 6.20 Å². The third kappa shape index (κ3) is 5.36. The first-order chi connectivity index (χ1) is 11.1. The van der Waals surface area contributed by atoms with Crippen LogP contribution in [-0.2, 0) is 0 Å². The van der Waals surface area contributed by atoms with Crippen LogP contribution in [0, 0.1) is 5.92 Å². The van der Waals surface area contributed by atoms with Crippen molar-refractivity contribution >= 4 is 11.7 Å². The number of amides is 1. The highest BCUT2D eigenvalue weighted by Gasteiger charge is 2.12. The van der Waals surface area contributed by atoms with E-state index in [0.717, 1.165) is 18.5 Å². The van der Waals surface area contributed by atoms with Crippen molar-refractivity contribution in [3.05, 3.63) is 54.0 Å². The van der Waals surface area contributed by atoms with E-state index < -0.39 is 0 Å². The van der Waals surface area contributed by atoms with Crippen molar-refractivity contribution in [2.24, 2.45) is 5.92 Å². The fourth-order valence-electron chi connectivity index (χ4n) is 2.12. The maximum atomic E-state index is 12.2. The average molecular weight is 312 g/mol. The number of benzene rings is 1. The predicted octanol–water partition coefficient (Wildman–Crippen LogP) is 3.43. The Morgan fingerprint density at radius 1 is 1.09 bits per heavy atom. The number of aromatic nitrogens is 2. The van der Waals surface area contributed by atoms with E-state index >= 15 is 0 Å². The Hall–Kier alpha value is -2.43. The molecule has 0 saturated heterocycles. The smallest absolute Gasteiger partial charge is 0.271 e. The van der Waals surface area contributed by atoms with Crippen molar-refractivity contribution in [3.63, 3.8) is 0 Å². The van der Waals surface area contributed by atoms with Crippen LogP contribution in [0.5, 0.6) is 0 Å². The molecule has 1 atom stereocenters. The second kappa shape index (κ2) is 8.27. The first-order valence-electron chi connectivity index (χ1n) is 7.98. The molecular weight excluding hydrogens is 288 g/mol. The number of carbonyl (C=O) groups excluding carboxylic acids is 1. The maximum Gasteiger partial charge on any atom is 0.271 e. The Morgan fingerprint density at radius 2 is 1.83 bits per heavy atom. The summed E-state index contributed by atoms with van der Waals surface area (Å²) >= 11 is 0. The van der Waals surface area contributed by atoms with Crippen molar-refractivity contribution in [1.29, 1.82) is 0 Å². The van der Waals surface area contributed by atoms with E-state index in [0.29, 0.717) is 17.4 Å². The first kappa shape index (κ1) is 16.9. The third-order valence-electron chi connectivity index (χ3n) is 3.56. The van der Waals surface area contributed by atoms with Gasteiger partial charge in [-0.25, -0.2) is 9.97 Å². The topological polar surface area (TPSA) is 66.9 Å². The van der Waals surface area contributed by atoms with Gasteiger partial charge in [-0.1, -0.05) is 44.2 Å². The summed E-state index contributed by atoms with van der Waals surface area (Å²) in [6.45, 7) is 7.15. The molecule has 5 nitrogen and oxygen atoms in total. The van der Waals surface area contributed by atoms with Gasteiger partial charge in [-0.05, 0) is 24.8 Å². The van der Waals surface area contributed by atoms with Gasteiger partial charge in [0.1, 0.15) is 11.5 Å². The van der Waals surface area contributed by atoms with E-state index in [-0.39, 0.29) is 11.9 Å². The third-order valence-corrected chi connectivity index (χ3v) is 3.56. The Balaban J connectivity index is 1.90. The van der Waals surface area contributed by atoms with Gasteiger partial charge < -0.3 is 10.6 Å². The molecule has 2 rings (SSSR count). The molecule has 122 valence electrons. The molecule has 1 amide bonds. The molecule has 0 aliphatic heterocycles. The van der Waals surface area contributed by atoms with Crippen LogP contribution in [-0.4, -0.2) is 22.4 Å². The highest BCUT2D eigenvalue weighted by molar-refractivity contribution is 5.92. The van der Waals surface area contributed by atoms with Crippen LogP contribution in [0.3, 0.4) is 0 Å². The van der Waals surface area contributed by atoms with Gasteiger partial charge in [0.15, 0.2) is 0 Å². The lowest BCUT2D eigenvalue weighted by Gasteiger charge is -2.14. The summed E-state index contributed by atoms with van der Waals surface area (Å²) in [5, 5.41) is 6.13. The fourth-order valence-corrected chi connectivity index (χ4v) is 2.12. The van der Waals surface area contributed by atoms with Gasteiger partial charge in [0, 0.05) is 6.54 Å². The highest BCUT2D eigenvalue weighted by Crippen LogP contribution is 2.12. The van der Waals surface area contributed by atoms with Gasteiger partial charge in [-0.15, -0.1) is 0 Å². The molecule has 1 heterocycles. The molecule has 0 spiro atoms. The lowest BCUT2D eigenvalue weighted by atomic mass is 10.1. The molecule has 0 radical (unpaired) electrons. The summed E-state index contributed by atoms with van der Waals surface area (Å²) in [4.78, 5) is 20.6. The van der Waals surface area contributed by atoms with Crippen LogP contribution in [0.1, 0.15) is 49.3 Å². The molecular formula is C18H24N4O. The van der Waals surface area contributed by atoms with Crippen LogP contribution < -0.4 is 10.6 Å². The molecule has 0 fully saturated rings.